The third-order valence-electron chi connectivity index (χ3n) is 2.09. The molecule has 5 nitrogen and oxygen atoms in total. The Labute approximate surface area is 91.7 Å². The summed E-state index contributed by atoms with van der Waals surface area (Å²) in [6, 6.07) is 0. The summed E-state index contributed by atoms with van der Waals surface area (Å²) < 4.78 is 9.44. The van der Waals surface area contributed by atoms with Gasteiger partial charge in [-0.2, -0.15) is 9.36 Å². The summed E-state index contributed by atoms with van der Waals surface area (Å²) in [4.78, 5) is 4.29. The van der Waals surface area contributed by atoms with Crippen molar-refractivity contribution in [3.05, 3.63) is 11.5 Å². The van der Waals surface area contributed by atoms with Crippen LogP contribution in [0.4, 0.5) is 5.00 Å². The lowest BCUT2D eigenvalue weighted by molar-refractivity contribution is 0.423. The molecule has 2 aromatic heterocycles. The van der Waals surface area contributed by atoms with Gasteiger partial charge in [0.05, 0.1) is 11.3 Å². The number of hydrogen-bond donors (Lipinski definition) is 1. The van der Waals surface area contributed by atoms with Crippen molar-refractivity contribution in [2.24, 2.45) is 0 Å². The minimum absolute atomic E-state index is 0.544. The standard InChI is InChI=1S/C9H12N4OS/c1-4-6-11-8(14-12-6)7-5(2)13-15-9(7)10-3/h10H,4H2,1-3H3. The van der Waals surface area contributed by atoms with Crippen LogP contribution in [0.1, 0.15) is 18.4 Å². The highest BCUT2D eigenvalue weighted by atomic mass is 32.1. The zero-order valence-electron chi connectivity index (χ0n) is 8.87. The van der Waals surface area contributed by atoms with Crippen LogP contribution in [-0.2, 0) is 6.42 Å². The molecule has 0 spiro atoms. The molecule has 80 valence electrons. The number of nitrogens with zero attached hydrogens (tertiary/aromatic N) is 3. The van der Waals surface area contributed by atoms with Crippen LogP contribution in [0.3, 0.4) is 0 Å². The predicted octanol–water partition coefficient (Wildman–Crippen LogP) is 2.11. The van der Waals surface area contributed by atoms with Gasteiger partial charge in [0, 0.05) is 13.5 Å². The van der Waals surface area contributed by atoms with Gasteiger partial charge in [0.15, 0.2) is 5.82 Å². The first-order chi connectivity index (χ1) is 7.26. The van der Waals surface area contributed by atoms with Gasteiger partial charge in [-0.05, 0) is 18.5 Å². The summed E-state index contributed by atoms with van der Waals surface area (Å²) in [7, 11) is 1.85. The molecular formula is C9H12N4OS. The van der Waals surface area contributed by atoms with Gasteiger partial charge in [0.25, 0.3) is 5.89 Å². The van der Waals surface area contributed by atoms with Crippen LogP contribution in [0.15, 0.2) is 4.52 Å². The molecule has 0 radical (unpaired) electrons. The maximum Gasteiger partial charge on any atom is 0.262 e. The molecule has 0 atom stereocenters. The van der Waals surface area contributed by atoms with Crippen LogP contribution < -0.4 is 5.32 Å². The van der Waals surface area contributed by atoms with Gasteiger partial charge in [0.1, 0.15) is 5.00 Å². The first-order valence-electron chi connectivity index (χ1n) is 4.73. The summed E-state index contributed by atoms with van der Waals surface area (Å²) in [5, 5.41) is 7.90. The number of hydrogen-bond acceptors (Lipinski definition) is 6. The zero-order valence-corrected chi connectivity index (χ0v) is 9.68. The van der Waals surface area contributed by atoms with Crippen molar-refractivity contribution in [3.8, 4) is 11.5 Å². The molecule has 0 aliphatic heterocycles. The first-order valence-corrected chi connectivity index (χ1v) is 5.50. The van der Waals surface area contributed by atoms with Gasteiger partial charge in [0.2, 0.25) is 0 Å². The normalized spacial score (nSPS) is 10.6. The first kappa shape index (κ1) is 10.1. The third-order valence-corrected chi connectivity index (χ3v) is 3.04. The Morgan fingerprint density at radius 2 is 2.27 bits per heavy atom. The van der Waals surface area contributed by atoms with Crippen LogP contribution in [0.5, 0.6) is 0 Å². The van der Waals surface area contributed by atoms with Crippen LogP contribution in [0.2, 0.25) is 0 Å². The van der Waals surface area contributed by atoms with E-state index in [1.54, 1.807) is 0 Å². The number of aromatic nitrogens is 3. The van der Waals surface area contributed by atoms with Crippen molar-refractivity contribution in [1.29, 1.82) is 0 Å². The van der Waals surface area contributed by atoms with Crippen molar-refractivity contribution in [1.82, 2.24) is 14.5 Å². The molecule has 15 heavy (non-hydrogen) atoms. The molecule has 0 unspecified atom stereocenters. The summed E-state index contributed by atoms with van der Waals surface area (Å²) in [5.74, 6) is 1.26. The predicted molar refractivity (Wildman–Crippen MR) is 59.1 cm³/mol. The van der Waals surface area contributed by atoms with E-state index in [0.29, 0.717) is 5.89 Å². The van der Waals surface area contributed by atoms with Crippen molar-refractivity contribution in [2.45, 2.75) is 20.3 Å². The molecular weight excluding hydrogens is 212 g/mol. The molecule has 1 N–H and O–H groups in total. The summed E-state index contributed by atoms with van der Waals surface area (Å²) >= 11 is 1.40. The smallest absolute Gasteiger partial charge is 0.262 e. The van der Waals surface area contributed by atoms with E-state index >= 15 is 0 Å². The second kappa shape index (κ2) is 3.98. The highest BCUT2D eigenvalue weighted by Crippen LogP contribution is 2.33. The zero-order chi connectivity index (χ0) is 10.8. The highest BCUT2D eigenvalue weighted by Gasteiger charge is 2.17. The van der Waals surface area contributed by atoms with Gasteiger partial charge < -0.3 is 9.84 Å². The average Bonchev–Trinajstić information content (AvgIpc) is 2.83. The lowest BCUT2D eigenvalue weighted by atomic mass is 10.2. The lowest BCUT2D eigenvalue weighted by Gasteiger charge is -1.96. The minimum Gasteiger partial charge on any atom is -0.378 e. The Hall–Kier alpha value is -1.43. The fourth-order valence-electron chi connectivity index (χ4n) is 1.29. The second-order valence-electron chi connectivity index (χ2n) is 3.09. The van der Waals surface area contributed by atoms with Crippen LogP contribution in [-0.4, -0.2) is 21.6 Å². The maximum atomic E-state index is 5.19. The maximum absolute atomic E-state index is 5.19. The van der Waals surface area contributed by atoms with Gasteiger partial charge in [-0.1, -0.05) is 12.1 Å². The highest BCUT2D eigenvalue weighted by molar-refractivity contribution is 7.10. The van der Waals surface area contributed by atoms with E-state index in [4.69, 9.17) is 4.52 Å². The summed E-state index contributed by atoms with van der Waals surface area (Å²) in [5.41, 5.74) is 1.82. The molecule has 0 aliphatic rings. The Kier molecular flexibility index (Phi) is 2.68. The fourth-order valence-corrected chi connectivity index (χ4v) is 2.03. The van der Waals surface area contributed by atoms with Gasteiger partial charge in [-0.3, -0.25) is 0 Å². The Bertz CT molecular complexity index is 462. The van der Waals surface area contributed by atoms with Crippen LogP contribution in [0.25, 0.3) is 11.5 Å². The van der Waals surface area contributed by atoms with Crippen LogP contribution in [0, 0.1) is 6.92 Å². The topological polar surface area (TPSA) is 63.8 Å². The van der Waals surface area contributed by atoms with Crippen molar-refractivity contribution >= 4 is 16.5 Å². The van der Waals surface area contributed by atoms with E-state index in [2.05, 4.69) is 19.8 Å². The molecule has 2 aromatic rings. The number of nitrogens with one attached hydrogen (secondary N) is 1. The van der Waals surface area contributed by atoms with E-state index < -0.39 is 0 Å². The van der Waals surface area contributed by atoms with E-state index in [1.165, 1.54) is 11.5 Å². The molecule has 6 heteroatoms. The van der Waals surface area contributed by atoms with Gasteiger partial charge in [-0.15, -0.1) is 0 Å². The van der Waals surface area contributed by atoms with Crippen molar-refractivity contribution in [3.63, 3.8) is 0 Å². The lowest BCUT2D eigenvalue weighted by Crippen LogP contribution is -1.89. The molecule has 0 fully saturated rings. The van der Waals surface area contributed by atoms with Gasteiger partial charge >= 0.3 is 0 Å². The van der Waals surface area contributed by atoms with Crippen molar-refractivity contribution in [2.75, 3.05) is 12.4 Å². The average molecular weight is 224 g/mol. The molecule has 0 aliphatic carbocycles. The number of anilines is 1. The molecule has 2 rings (SSSR count). The summed E-state index contributed by atoms with van der Waals surface area (Å²) in [6.45, 7) is 3.93. The quantitative estimate of drug-likeness (QED) is 0.865. The molecule has 0 amide bonds. The van der Waals surface area contributed by atoms with E-state index in [0.717, 1.165) is 28.5 Å². The Morgan fingerprint density at radius 1 is 1.47 bits per heavy atom. The largest absolute Gasteiger partial charge is 0.378 e. The summed E-state index contributed by atoms with van der Waals surface area (Å²) in [6.07, 6.45) is 0.773. The Morgan fingerprint density at radius 3 is 2.87 bits per heavy atom. The second-order valence-corrected chi connectivity index (χ2v) is 3.86. The SMILES string of the molecule is CCc1noc(-c2c(C)nsc2NC)n1. The number of rotatable bonds is 3. The van der Waals surface area contributed by atoms with E-state index in [9.17, 15) is 0 Å². The third kappa shape index (κ3) is 1.72. The van der Waals surface area contributed by atoms with Crippen LogP contribution >= 0.6 is 11.5 Å². The monoisotopic (exact) mass is 224 g/mol. The number of aryl methyl sites for hydroxylation is 2. The van der Waals surface area contributed by atoms with Crippen molar-refractivity contribution < 1.29 is 4.52 Å². The van der Waals surface area contributed by atoms with E-state index in [1.807, 2.05) is 20.9 Å². The minimum atomic E-state index is 0.544. The Balaban J connectivity index is 2.47. The molecule has 2 heterocycles. The molecule has 0 aromatic carbocycles. The molecule has 0 bridgehead atoms. The molecule has 0 saturated heterocycles. The molecule has 0 saturated carbocycles. The fraction of sp³-hybridized carbons (Fsp3) is 0.444. The van der Waals surface area contributed by atoms with Gasteiger partial charge in [-0.25, -0.2) is 0 Å². The van der Waals surface area contributed by atoms with E-state index in [-0.39, 0.29) is 0 Å².